The molecule has 0 aliphatic rings. The summed E-state index contributed by atoms with van der Waals surface area (Å²) in [6.07, 6.45) is 1.29. The van der Waals surface area contributed by atoms with E-state index in [-0.39, 0.29) is 18.7 Å². The van der Waals surface area contributed by atoms with Gasteiger partial charge in [-0.05, 0) is 59.3 Å². The largest absolute Gasteiger partial charge is 0.490 e. The smallest absolute Gasteiger partial charge is 0.273 e. The van der Waals surface area contributed by atoms with Crippen LogP contribution in [0.2, 0.25) is 10.0 Å². The molecule has 3 rings (SSSR count). The molecule has 3 aromatic carbocycles. The average Bonchev–Trinajstić information content (AvgIpc) is 2.80. The molecule has 11 heteroatoms. The Bertz CT molecular complexity index is 1270. The van der Waals surface area contributed by atoms with Crippen molar-refractivity contribution in [2.45, 2.75) is 20.0 Å². The predicted octanol–water partition coefficient (Wildman–Crippen LogP) is 6.18. The molecule has 0 saturated carbocycles. The lowest BCUT2D eigenvalue weighted by Gasteiger charge is -2.15. The average molecular weight is 628 g/mol. The first-order valence-corrected chi connectivity index (χ1v) is 12.2. The quantitative estimate of drug-likeness (QED) is 0.125. The van der Waals surface area contributed by atoms with Crippen LogP contribution in [0, 0.1) is 13.7 Å². The van der Waals surface area contributed by atoms with Gasteiger partial charge in [-0.15, -0.1) is 0 Å². The van der Waals surface area contributed by atoms with Gasteiger partial charge < -0.3 is 9.47 Å². The van der Waals surface area contributed by atoms with Crippen molar-refractivity contribution < 1.29 is 19.2 Å². The van der Waals surface area contributed by atoms with Crippen LogP contribution < -0.4 is 14.9 Å². The summed E-state index contributed by atoms with van der Waals surface area (Å²) in [5.74, 6) is 0.586. The van der Waals surface area contributed by atoms with Crippen molar-refractivity contribution in [1.82, 2.24) is 5.43 Å². The van der Waals surface area contributed by atoms with E-state index < -0.39 is 10.8 Å². The number of ether oxygens (including phenoxy) is 2. The summed E-state index contributed by atoms with van der Waals surface area (Å²) in [7, 11) is 0. The molecule has 0 atom stereocenters. The van der Waals surface area contributed by atoms with Gasteiger partial charge in [-0.3, -0.25) is 14.9 Å². The second-order valence-electron chi connectivity index (χ2n) is 7.14. The zero-order valence-electron chi connectivity index (χ0n) is 18.5. The van der Waals surface area contributed by atoms with Gasteiger partial charge in [0.15, 0.2) is 11.5 Å². The van der Waals surface area contributed by atoms with Crippen molar-refractivity contribution in [3.05, 3.63) is 95.0 Å². The third kappa shape index (κ3) is 7.55. The number of nitro groups is 1. The first kappa shape index (κ1) is 26.7. The number of nitrogens with zero attached hydrogens (tertiary/aromatic N) is 2. The molecule has 0 spiro atoms. The van der Waals surface area contributed by atoms with Crippen LogP contribution in [0.4, 0.5) is 5.69 Å². The van der Waals surface area contributed by atoms with Gasteiger partial charge in [0.25, 0.3) is 5.69 Å². The number of halogens is 3. The summed E-state index contributed by atoms with van der Waals surface area (Å²) in [4.78, 5) is 22.8. The molecular weight excluding hydrogens is 608 g/mol. The maximum absolute atomic E-state index is 12.2. The Labute approximate surface area is 225 Å². The van der Waals surface area contributed by atoms with Gasteiger partial charge >= 0.3 is 0 Å². The highest BCUT2D eigenvalue weighted by molar-refractivity contribution is 14.1. The second kappa shape index (κ2) is 12.7. The van der Waals surface area contributed by atoms with E-state index in [1.807, 2.05) is 13.0 Å². The Balaban J connectivity index is 1.69. The van der Waals surface area contributed by atoms with E-state index in [4.69, 9.17) is 32.7 Å². The summed E-state index contributed by atoms with van der Waals surface area (Å²) in [5.41, 5.74) is 4.04. The third-order valence-electron chi connectivity index (χ3n) is 4.66. The van der Waals surface area contributed by atoms with Crippen LogP contribution >= 0.6 is 45.8 Å². The molecule has 1 N–H and O–H groups in total. The fourth-order valence-corrected chi connectivity index (χ4v) is 4.33. The lowest BCUT2D eigenvalue weighted by atomic mass is 10.1. The minimum absolute atomic E-state index is 0.113. The van der Waals surface area contributed by atoms with Crippen LogP contribution in [0.5, 0.6) is 11.5 Å². The Morgan fingerprint density at radius 2 is 1.91 bits per heavy atom. The number of hydrogen-bond donors (Lipinski definition) is 1. The van der Waals surface area contributed by atoms with Crippen molar-refractivity contribution in [2.75, 3.05) is 6.61 Å². The lowest BCUT2D eigenvalue weighted by Crippen LogP contribution is -2.20. The number of benzene rings is 3. The first-order valence-electron chi connectivity index (χ1n) is 10.4. The summed E-state index contributed by atoms with van der Waals surface area (Å²) in [5, 5.41) is 16.1. The van der Waals surface area contributed by atoms with E-state index in [0.29, 0.717) is 39.3 Å². The van der Waals surface area contributed by atoms with Crippen molar-refractivity contribution in [3.8, 4) is 11.5 Å². The standard InChI is InChI=1S/C24H20Cl2IN3O5/c1-2-34-22-10-15(9-20(27)24(22)35-14-17-7-8-18(25)12-19(17)26)13-28-29-23(31)11-16-5-3-4-6-21(16)30(32)33/h3-10,12-13H,2,11,14H2,1H3,(H,29,31)/b28-13+. The molecule has 0 aliphatic heterocycles. The number of hydrazone groups is 1. The van der Waals surface area contributed by atoms with Crippen LogP contribution in [-0.2, 0) is 17.8 Å². The summed E-state index contributed by atoms with van der Waals surface area (Å²) in [6.45, 7) is 2.50. The number of nitrogens with one attached hydrogen (secondary N) is 1. The van der Waals surface area contributed by atoms with E-state index in [1.165, 1.54) is 18.3 Å². The number of carbonyl (C=O) groups is 1. The molecular formula is C24H20Cl2IN3O5. The highest BCUT2D eigenvalue weighted by Crippen LogP contribution is 2.35. The molecule has 0 aliphatic carbocycles. The Kier molecular flexibility index (Phi) is 9.70. The Morgan fingerprint density at radius 1 is 1.14 bits per heavy atom. The summed E-state index contributed by atoms with van der Waals surface area (Å²) >= 11 is 14.3. The van der Waals surface area contributed by atoms with Gasteiger partial charge in [-0.2, -0.15) is 5.10 Å². The van der Waals surface area contributed by atoms with Crippen LogP contribution in [-0.4, -0.2) is 23.7 Å². The van der Waals surface area contributed by atoms with Crippen LogP contribution in [0.1, 0.15) is 23.6 Å². The van der Waals surface area contributed by atoms with Crippen molar-refractivity contribution in [3.63, 3.8) is 0 Å². The molecule has 1 amide bonds. The molecule has 8 nitrogen and oxygen atoms in total. The van der Waals surface area contributed by atoms with Gasteiger partial charge in [0, 0.05) is 27.2 Å². The van der Waals surface area contributed by atoms with Crippen molar-refractivity contribution in [1.29, 1.82) is 0 Å². The molecule has 0 unspecified atom stereocenters. The zero-order chi connectivity index (χ0) is 25.4. The summed E-state index contributed by atoms with van der Waals surface area (Å²) in [6, 6.07) is 14.8. The van der Waals surface area contributed by atoms with E-state index >= 15 is 0 Å². The molecule has 3 aromatic rings. The molecule has 0 fully saturated rings. The Morgan fingerprint density at radius 3 is 2.63 bits per heavy atom. The number of hydrogen-bond acceptors (Lipinski definition) is 6. The van der Waals surface area contributed by atoms with Gasteiger partial charge in [0.2, 0.25) is 5.91 Å². The van der Waals surface area contributed by atoms with Crippen molar-refractivity contribution >= 4 is 63.6 Å². The fourth-order valence-electron chi connectivity index (χ4n) is 3.08. The van der Waals surface area contributed by atoms with Gasteiger partial charge in [0.1, 0.15) is 6.61 Å². The SMILES string of the molecule is CCOc1cc(/C=N/NC(=O)Cc2ccccc2[N+](=O)[O-])cc(I)c1OCc1ccc(Cl)cc1Cl. The topological polar surface area (TPSA) is 103 Å². The van der Waals surface area contributed by atoms with Gasteiger partial charge in [0.05, 0.1) is 27.7 Å². The predicted molar refractivity (Wildman–Crippen MR) is 144 cm³/mol. The molecule has 0 radical (unpaired) electrons. The maximum Gasteiger partial charge on any atom is 0.273 e. The highest BCUT2D eigenvalue weighted by atomic mass is 127. The third-order valence-corrected chi connectivity index (χ3v) is 6.05. The fraction of sp³-hybridized carbons (Fsp3) is 0.167. The number of nitro benzene ring substituents is 1. The summed E-state index contributed by atoms with van der Waals surface area (Å²) < 4.78 is 12.5. The zero-order valence-corrected chi connectivity index (χ0v) is 22.1. The molecule has 182 valence electrons. The minimum Gasteiger partial charge on any atom is -0.490 e. The number of para-hydroxylation sites is 1. The molecule has 0 aromatic heterocycles. The molecule has 0 heterocycles. The number of rotatable bonds is 10. The van der Waals surface area contributed by atoms with Crippen molar-refractivity contribution in [2.24, 2.45) is 5.10 Å². The molecule has 0 saturated heterocycles. The normalized spacial score (nSPS) is 10.9. The van der Waals surface area contributed by atoms with Gasteiger partial charge in [-0.25, -0.2) is 5.43 Å². The Hall–Kier alpha value is -2.89. The maximum atomic E-state index is 12.2. The monoisotopic (exact) mass is 627 g/mol. The van der Waals surface area contributed by atoms with E-state index in [1.54, 1.807) is 36.4 Å². The molecule has 0 bridgehead atoms. The lowest BCUT2D eigenvalue weighted by molar-refractivity contribution is -0.385. The highest BCUT2D eigenvalue weighted by Gasteiger charge is 2.16. The minimum atomic E-state index is -0.520. The molecule has 35 heavy (non-hydrogen) atoms. The number of carbonyl (C=O) groups excluding carboxylic acids is 1. The van der Waals surface area contributed by atoms with E-state index in [0.717, 1.165) is 9.13 Å². The van der Waals surface area contributed by atoms with Crippen LogP contribution in [0.25, 0.3) is 0 Å². The van der Waals surface area contributed by atoms with Gasteiger partial charge in [-0.1, -0.05) is 47.5 Å². The van der Waals surface area contributed by atoms with E-state index in [9.17, 15) is 14.9 Å². The van der Waals surface area contributed by atoms with Crippen LogP contribution in [0.15, 0.2) is 59.7 Å². The second-order valence-corrected chi connectivity index (χ2v) is 9.15. The number of amides is 1. The van der Waals surface area contributed by atoms with Crippen LogP contribution in [0.3, 0.4) is 0 Å². The van der Waals surface area contributed by atoms with E-state index in [2.05, 4.69) is 33.1 Å². The first-order chi connectivity index (χ1) is 16.8.